The average molecular weight is 444 g/mol. The molecular weight excluding hydrogens is 410 g/mol. The Morgan fingerprint density at radius 2 is 1.79 bits per heavy atom. The fraction of sp³-hybridized carbons (Fsp3) is 0.393. The molecule has 1 aliphatic heterocycles. The number of hydrogen-bond acceptors (Lipinski definition) is 5. The molecule has 2 heterocycles. The summed E-state index contributed by atoms with van der Waals surface area (Å²) in [5.41, 5.74) is 6.08. The zero-order valence-electron chi connectivity index (χ0n) is 19.7. The smallest absolute Gasteiger partial charge is 0.306 e. The van der Waals surface area contributed by atoms with Gasteiger partial charge in [-0.3, -0.25) is 9.69 Å². The number of aryl methyl sites for hydroxylation is 2. The summed E-state index contributed by atoms with van der Waals surface area (Å²) < 4.78 is 5.08. The third kappa shape index (κ3) is 6.48. The summed E-state index contributed by atoms with van der Waals surface area (Å²) in [6.45, 7) is 7.06. The highest BCUT2D eigenvalue weighted by molar-refractivity contribution is 5.69. The van der Waals surface area contributed by atoms with Crippen molar-refractivity contribution in [1.82, 2.24) is 14.9 Å². The summed E-state index contributed by atoms with van der Waals surface area (Å²) in [6, 6.07) is 19.2. The van der Waals surface area contributed by atoms with E-state index in [-0.39, 0.29) is 11.9 Å². The summed E-state index contributed by atoms with van der Waals surface area (Å²) in [7, 11) is 0. The van der Waals surface area contributed by atoms with Crippen molar-refractivity contribution in [2.75, 3.05) is 19.7 Å². The maximum absolute atomic E-state index is 11.7. The van der Waals surface area contributed by atoms with Crippen molar-refractivity contribution in [1.29, 1.82) is 0 Å². The summed E-state index contributed by atoms with van der Waals surface area (Å²) >= 11 is 0. The van der Waals surface area contributed by atoms with Crippen LogP contribution in [0.1, 0.15) is 42.7 Å². The van der Waals surface area contributed by atoms with Gasteiger partial charge in [-0.2, -0.15) is 0 Å². The standard InChI is InChI=1S/C28H33N3O2/c1-3-33-27(32)17-21(2)19-31-16-15-26-25(20-31)18-29-28(30-26)24-13-11-23(12-14-24)10-9-22-7-5-4-6-8-22/h4-8,11-14,18,21H,3,9-10,15-17,19-20H2,1-2H3. The molecule has 2 aromatic carbocycles. The van der Waals surface area contributed by atoms with Crippen molar-refractivity contribution < 1.29 is 9.53 Å². The van der Waals surface area contributed by atoms with E-state index in [0.717, 1.165) is 56.0 Å². The Hall–Kier alpha value is -3.05. The van der Waals surface area contributed by atoms with Gasteiger partial charge < -0.3 is 4.74 Å². The SMILES string of the molecule is CCOC(=O)CC(C)CN1CCc2nc(-c3ccc(CCc4ccccc4)cc3)ncc2C1. The van der Waals surface area contributed by atoms with Crippen LogP contribution in [0.15, 0.2) is 60.8 Å². The van der Waals surface area contributed by atoms with E-state index in [2.05, 4.69) is 71.4 Å². The number of fused-ring (bicyclic) bond motifs is 1. The van der Waals surface area contributed by atoms with Crippen molar-refractivity contribution >= 4 is 5.97 Å². The molecule has 1 aromatic heterocycles. The lowest BCUT2D eigenvalue weighted by Gasteiger charge is -2.30. The topological polar surface area (TPSA) is 55.3 Å². The van der Waals surface area contributed by atoms with Gasteiger partial charge in [0.05, 0.1) is 12.3 Å². The van der Waals surface area contributed by atoms with Crippen LogP contribution in [0, 0.1) is 5.92 Å². The molecule has 33 heavy (non-hydrogen) atoms. The van der Waals surface area contributed by atoms with Crippen molar-refractivity contribution in [3.8, 4) is 11.4 Å². The van der Waals surface area contributed by atoms with E-state index in [4.69, 9.17) is 9.72 Å². The second-order valence-corrected chi connectivity index (χ2v) is 8.95. The highest BCUT2D eigenvalue weighted by Crippen LogP contribution is 2.23. The molecule has 0 fully saturated rings. The van der Waals surface area contributed by atoms with Crippen LogP contribution in [0.2, 0.25) is 0 Å². The van der Waals surface area contributed by atoms with E-state index in [1.807, 2.05) is 13.1 Å². The van der Waals surface area contributed by atoms with Crippen LogP contribution in [-0.4, -0.2) is 40.5 Å². The predicted molar refractivity (Wildman–Crippen MR) is 131 cm³/mol. The molecule has 5 nitrogen and oxygen atoms in total. The Kier molecular flexibility index (Phi) is 7.84. The maximum Gasteiger partial charge on any atom is 0.306 e. The zero-order valence-corrected chi connectivity index (χ0v) is 19.7. The second-order valence-electron chi connectivity index (χ2n) is 8.95. The number of carbonyl (C=O) groups is 1. The number of esters is 1. The third-order valence-electron chi connectivity index (χ3n) is 6.16. The third-order valence-corrected chi connectivity index (χ3v) is 6.16. The van der Waals surface area contributed by atoms with E-state index in [1.54, 1.807) is 0 Å². The van der Waals surface area contributed by atoms with Crippen molar-refractivity contribution in [3.05, 3.63) is 83.2 Å². The predicted octanol–water partition coefficient (Wildman–Crippen LogP) is 4.88. The normalized spacial score (nSPS) is 14.5. The zero-order chi connectivity index (χ0) is 23.0. The van der Waals surface area contributed by atoms with Gasteiger partial charge in [0.1, 0.15) is 0 Å². The number of carbonyl (C=O) groups excluding carboxylic acids is 1. The van der Waals surface area contributed by atoms with E-state index in [9.17, 15) is 4.79 Å². The Labute approximate surface area is 196 Å². The van der Waals surface area contributed by atoms with Crippen molar-refractivity contribution in [3.63, 3.8) is 0 Å². The highest BCUT2D eigenvalue weighted by Gasteiger charge is 2.21. The molecule has 5 heteroatoms. The van der Waals surface area contributed by atoms with E-state index < -0.39 is 0 Å². The minimum Gasteiger partial charge on any atom is -0.466 e. The Bertz CT molecular complexity index is 1050. The molecule has 0 aliphatic carbocycles. The summed E-state index contributed by atoms with van der Waals surface area (Å²) in [5.74, 6) is 0.958. The Balaban J connectivity index is 1.33. The molecule has 3 aromatic rings. The molecular formula is C28H33N3O2. The fourth-order valence-electron chi connectivity index (χ4n) is 4.43. The first-order valence-corrected chi connectivity index (χ1v) is 12.0. The Morgan fingerprint density at radius 1 is 1.06 bits per heavy atom. The molecule has 0 bridgehead atoms. The second kappa shape index (κ2) is 11.2. The van der Waals surface area contributed by atoms with Gasteiger partial charge in [0.25, 0.3) is 0 Å². The molecule has 0 saturated carbocycles. The Morgan fingerprint density at radius 3 is 2.52 bits per heavy atom. The van der Waals surface area contributed by atoms with Crippen LogP contribution >= 0.6 is 0 Å². The number of hydrogen-bond donors (Lipinski definition) is 0. The molecule has 172 valence electrons. The number of ether oxygens (including phenoxy) is 1. The molecule has 0 N–H and O–H groups in total. The average Bonchev–Trinajstić information content (AvgIpc) is 2.83. The van der Waals surface area contributed by atoms with Gasteiger partial charge in [0.2, 0.25) is 0 Å². The molecule has 1 aliphatic rings. The summed E-state index contributed by atoms with van der Waals surface area (Å²) in [4.78, 5) is 23.7. The lowest BCUT2D eigenvalue weighted by atomic mass is 10.0. The lowest BCUT2D eigenvalue weighted by Crippen LogP contribution is -2.35. The van der Waals surface area contributed by atoms with Crippen LogP contribution in [0.3, 0.4) is 0 Å². The van der Waals surface area contributed by atoms with E-state index in [0.29, 0.717) is 13.0 Å². The fourth-order valence-corrected chi connectivity index (χ4v) is 4.43. The van der Waals surface area contributed by atoms with E-state index in [1.165, 1.54) is 16.7 Å². The number of rotatable bonds is 9. The van der Waals surface area contributed by atoms with Gasteiger partial charge in [0.15, 0.2) is 5.82 Å². The summed E-state index contributed by atoms with van der Waals surface area (Å²) in [6.07, 6.45) is 5.42. The minimum absolute atomic E-state index is 0.110. The monoisotopic (exact) mass is 443 g/mol. The van der Waals surface area contributed by atoms with Crippen LogP contribution < -0.4 is 0 Å². The van der Waals surface area contributed by atoms with Crippen molar-refractivity contribution in [2.45, 2.75) is 46.1 Å². The molecule has 1 unspecified atom stereocenters. The first kappa shape index (κ1) is 23.1. The molecule has 0 radical (unpaired) electrons. The number of aromatic nitrogens is 2. The van der Waals surface area contributed by atoms with Gasteiger partial charge in [0, 0.05) is 49.8 Å². The maximum atomic E-state index is 11.7. The van der Waals surface area contributed by atoms with Crippen LogP contribution in [-0.2, 0) is 35.3 Å². The first-order chi connectivity index (χ1) is 16.1. The first-order valence-electron chi connectivity index (χ1n) is 12.0. The lowest BCUT2D eigenvalue weighted by molar-refractivity contribution is -0.144. The van der Waals surface area contributed by atoms with Gasteiger partial charge in [-0.1, -0.05) is 61.5 Å². The largest absolute Gasteiger partial charge is 0.466 e. The highest BCUT2D eigenvalue weighted by atomic mass is 16.5. The van der Waals surface area contributed by atoms with E-state index >= 15 is 0 Å². The van der Waals surface area contributed by atoms with Gasteiger partial charge in [-0.25, -0.2) is 9.97 Å². The molecule has 0 amide bonds. The van der Waals surface area contributed by atoms with Gasteiger partial charge in [-0.05, 0) is 36.8 Å². The van der Waals surface area contributed by atoms with Crippen LogP contribution in [0.5, 0.6) is 0 Å². The van der Waals surface area contributed by atoms with Crippen molar-refractivity contribution in [2.24, 2.45) is 5.92 Å². The molecule has 4 rings (SSSR count). The number of benzene rings is 2. The quantitative estimate of drug-likeness (QED) is 0.441. The van der Waals surface area contributed by atoms with Crippen LogP contribution in [0.25, 0.3) is 11.4 Å². The van der Waals surface area contributed by atoms with Gasteiger partial charge >= 0.3 is 5.97 Å². The summed E-state index contributed by atoms with van der Waals surface area (Å²) in [5, 5.41) is 0. The molecule has 0 saturated heterocycles. The minimum atomic E-state index is -0.110. The van der Waals surface area contributed by atoms with Gasteiger partial charge in [-0.15, -0.1) is 0 Å². The molecule has 1 atom stereocenters. The molecule has 0 spiro atoms. The number of nitrogens with zero attached hydrogens (tertiary/aromatic N) is 3. The van der Waals surface area contributed by atoms with Crippen LogP contribution in [0.4, 0.5) is 0 Å².